The molecule has 4 aliphatic rings. The number of hydrogen-bond donors (Lipinski definition) is 3. The van der Waals surface area contributed by atoms with Crippen molar-refractivity contribution >= 4 is 61.8 Å². The zero-order valence-corrected chi connectivity index (χ0v) is 22.9. The van der Waals surface area contributed by atoms with Gasteiger partial charge in [-0.2, -0.15) is 0 Å². The molecule has 0 amide bonds. The van der Waals surface area contributed by atoms with Crippen LogP contribution in [0.1, 0.15) is 95.4 Å². The van der Waals surface area contributed by atoms with Crippen molar-refractivity contribution in [3.8, 4) is 0 Å². The van der Waals surface area contributed by atoms with E-state index in [2.05, 4.69) is 62.4 Å². The maximum absolute atomic E-state index is 13.8. The maximum atomic E-state index is 13.8. The molecule has 0 radical (unpaired) electrons. The summed E-state index contributed by atoms with van der Waals surface area (Å²) in [6.07, 6.45) is 3.77. The SMILES string of the molecule is C=Cc1c(C)c2cc3nc4c5c6[nH]c(cc7nc(cc1[nH]2)C(C)=C7CC)c(C)c6C(=O)C5=C(O)CCC4=C3C. The summed E-state index contributed by atoms with van der Waals surface area (Å²) in [6.45, 7) is 14.5. The highest BCUT2D eigenvalue weighted by Gasteiger charge is 2.38. The average molecular weight is 515 g/mol. The van der Waals surface area contributed by atoms with Crippen LogP contribution < -0.4 is 0 Å². The number of aryl methyl sites for hydroxylation is 2. The summed E-state index contributed by atoms with van der Waals surface area (Å²) >= 11 is 0. The van der Waals surface area contributed by atoms with Crippen molar-refractivity contribution in [1.82, 2.24) is 19.9 Å². The van der Waals surface area contributed by atoms with Crippen molar-refractivity contribution in [2.24, 2.45) is 0 Å². The van der Waals surface area contributed by atoms with E-state index in [9.17, 15) is 9.90 Å². The van der Waals surface area contributed by atoms with E-state index >= 15 is 0 Å². The molecule has 2 aliphatic heterocycles. The van der Waals surface area contributed by atoms with Crippen LogP contribution in [0, 0.1) is 13.8 Å². The molecule has 0 fully saturated rings. The lowest BCUT2D eigenvalue weighted by Gasteiger charge is -2.03. The highest BCUT2D eigenvalue weighted by atomic mass is 16.3. The average Bonchev–Trinajstić information content (AvgIpc) is 3.62. The van der Waals surface area contributed by atoms with Gasteiger partial charge in [0.25, 0.3) is 0 Å². The highest BCUT2D eigenvalue weighted by molar-refractivity contribution is 6.40. The Hall–Kier alpha value is -4.45. The number of hydrogen-bond acceptors (Lipinski definition) is 4. The van der Waals surface area contributed by atoms with Crippen LogP contribution in [0.2, 0.25) is 0 Å². The Bertz CT molecular complexity index is 1970. The van der Waals surface area contributed by atoms with Crippen LogP contribution in [0.5, 0.6) is 0 Å². The van der Waals surface area contributed by atoms with E-state index in [1.54, 1.807) is 0 Å². The number of allylic oxidation sites excluding steroid dienone is 6. The number of Topliss-reactive ketones (excluding diaryl/α,β-unsaturated/α-hetero) is 1. The Morgan fingerprint density at radius 1 is 0.897 bits per heavy atom. The summed E-state index contributed by atoms with van der Waals surface area (Å²) < 4.78 is 0. The molecular formula is C33H30N4O2. The van der Waals surface area contributed by atoms with Crippen LogP contribution in [-0.4, -0.2) is 30.8 Å². The minimum Gasteiger partial charge on any atom is -0.512 e. The maximum Gasteiger partial charge on any atom is 0.199 e. The molecule has 0 saturated heterocycles. The number of aliphatic hydroxyl groups is 1. The van der Waals surface area contributed by atoms with Crippen molar-refractivity contribution in [3.05, 3.63) is 81.1 Å². The fourth-order valence-electron chi connectivity index (χ4n) is 6.65. The minimum atomic E-state index is -0.136. The van der Waals surface area contributed by atoms with E-state index in [1.165, 1.54) is 5.57 Å². The summed E-state index contributed by atoms with van der Waals surface area (Å²) in [6, 6.07) is 6.25. The summed E-state index contributed by atoms with van der Waals surface area (Å²) in [5.74, 6) is 0.00651. The van der Waals surface area contributed by atoms with E-state index in [-0.39, 0.29) is 11.5 Å². The van der Waals surface area contributed by atoms with Crippen LogP contribution >= 0.6 is 0 Å². The smallest absolute Gasteiger partial charge is 0.199 e. The van der Waals surface area contributed by atoms with Crippen molar-refractivity contribution < 1.29 is 9.90 Å². The van der Waals surface area contributed by atoms with E-state index in [1.807, 2.05) is 13.0 Å². The van der Waals surface area contributed by atoms with Crippen LogP contribution in [-0.2, 0) is 0 Å². The molecule has 8 bridgehead atoms. The van der Waals surface area contributed by atoms with E-state index in [0.29, 0.717) is 29.5 Å². The first-order valence-electron chi connectivity index (χ1n) is 13.5. The summed E-state index contributed by atoms with van der Waals surface area (Å²) in [5.41, 5.74) is 16.2. The molecule has 0 aromatic carbocycles. The Kier molecular flexibility index (Phi) is 4.87. The number of fused-ring (bicyclic) bond motifs is 6. The minimum absolute atomic E-state index is 0.136. The lowest BCUT2D eigenvalue weighted by Crippen LogP contribution is -2.00. The summed E-state index contributed by atoms with van der Waals surface area (Å²) in [4.78, 5) is 31.1. The number of aliphatic hydroxyl groups excluding tert-OH is 1. The molecule has 6 nitrogen and oxygen atoms in total. The first-order chi connectivity index (χ1) is 18.7. The lowest BCUT2D eigenvalue weighted by atomic mass is 10.0. The monoisotopic (exact) mass is 514 g/mol. The number of H-pyrrole nitrogens is 2. The summed E-state index contributed by atoms with van der Waals surface area (Å²) in [5, 5.41) is 11.0. The predicted molar refractivity (Wildman–Crippen MR) is 159 cm³/mol. The second kappa shape index (κ2) is 8.03. The normalized spacial score (nSPS) is 16.2. The van der Waals surface area contributed by atoms with Gasteiger partial charge in [-0.25, -0.2) is 9.97 Å². The van der Waals surface area contributed by atoms with Gasteiger partial charge in [0.05, 0.1) is 39.4 Å². The van der Waals surface area contributed by atoms with Crippen molar-refractivity contribution in [2.45, 2.75) is 53.9 Å². The first kappa shape index (κ1) is 23.7. The molecule has 39 heavy (non-hydrogen) atoms. The quantitative estimate of drug-likeness (QED) is 0.322. The van der Waals surface area contributed by atoms with Crippen LogP contribution in [0.3, 0.4) is 0 Å². The Morgan fingerprint density at radius 2 is 1.59 bits per heavy atom. The van der Waals surface area contributed by atoms with Gasteiger partial charge >= 0.3 is 0 Å². The molecule has 0 saturated carbocycles. The number of aromatic nitrogens is 4. The Labute approximate surface area is 226 Å². The van der Waals surface area contributed by atoms with E-state index in [4.69, 9.17) is 9.97 Å². The van der Waals surface area contributed by atoms with Gasteiger partial charge < -0.3 is 15.1 Å². The fourth-order valence-corrected chi connectivity index (χ4v) is 6.65. The van der Waals surface area contributed by atoms with Crippen LogP contribution in [0.25, 0.3) is 56.0 Å². The number of nitrogens with one attached hydrogen (secondary N) is 2. The van der Waals surface area contributed by atoms with Crippen molar-refractivity contribution in [2.75, 3.05) is 0 Å². The Morgan fingerprint density at radius 3 is 2.33 bits per heavy atom. The number of aromatic amines is 2. The third kappa shape index (κ3) is 3.06. The molecule has 5 heterocycles. The van der Waals surface area contributed by atoms with E-state index < -0.39 is 0 Å². The van der Waals surface area contributed by atoms with Gasteiger partial charge in [0.15, 0.2) is 5.78 Å². The van der Waals surface area contributed by atoms with Gasteiger partial charge in [-0.3, -0.25) is 4.79 Å². The number of rotatable bonds is 2. The van der Waals surface area contributed by atoms with Gasteiger partial charge in [-0.1, -0.05) is 19.6 Å². The molecule has 194 valence electrons. The molecule has 6 heteroatoms. The third-order valence-corrected chi connectivity index (χ3v) is 8.89. The van der Waals surface area contributed by atoms with Crippen LogP contribution in [0.15, 0.2) is 30.5 Å². The van der Waals surface area contributed by atoms with Gasteiger partial charge in [-0.15, -0.1) is 0 Å². The van der Waals surface area contributed by atoms with Crippen molar-refractivity contribution in [3.63, 3.8) is 0 Å². The molecule has 0 spiro atoms. The Balaban J connectivity index is 1.74. The molecule has 3 N–H and O–H groups in total. The molecule has 7 rings (SSSR count). The predicted octanol–water partition coefficient (Wildman–Crippen LogP) is 8.11. The molecule has 3 aromatic heterocycles. The number of ketones is 1. The molecular weight excluding hydrogens is 484 g/mol. The lowest BCUT2D eigenvalue weighted by molar-refractivity contribution is 0.105. The van der Waals surface area contributed by atoms with Gasteiger partial charge in [0.1, 0.15) is 5.76 Å². The standard InChI is InChI=1S/C33H30N4O2/c1-7-18-14(3)21-11-23-16(5)20-9-10-27(38)29-30(31(20)36-23)32-28(33(29)39)17(6)24(37-32)13-26-19(8-2)15(4)22(35-26)12-25(18)34-21/h7,11-13,34,37-38H,1,8-10H2,2-6H3. The second-order valence-corrected chi connectivity index (χ2v) is 10.9. The molecule has 3 aromatic rings. The fraction of sp³-hybridized carbons (Fsp3) is 0.242. The third-order valence-electron chi connectivity index (χ3n) is 8.89. The second-order valence-electron chi connectivity index (χ2n) is 10.9. The zero-order chi connectivity index (χ0) is 27.3. The van der Waals surface area contributed by atoms with Gasteiger partial charge in [0.2, 0.25) is 0 Å². The first-order valence-corrected chi connectivity index (χ1v) is 13.5. The molecule has 0 unspecified atom stereocenters. The largest absolute Gasteiger partial charge is 0.512 e. The molecule has 2 aliphatic carbocycles. The highest BCUT2D eigenvalue weighted by Crippen LogP contribution is 2.48. The topological polar surface area (TPSA) is 94.7 Å². The summed E-state index contributed by atoms with van der Waals surface area (Å²) in [7, 11) is 0. The number of carbonyl (C=O) groups excluding carboxylic acids is 1. The van der Waals surface area contributed by atoms with E-state index in [0.717, 1.165) is 84.7 Å². The molecule has 0 atom stereocenters. The number of carbonyl (C=O) groups is 1. The van der Waals surface area contributed by atoms with Crippen molar-refractivity contribution in [1.29, 1.82) is 0 Å². The van der Waals surface area contributed by atoms with Gasteiger partial charge in [0, 0.05) is 34.1 Å². The van der Waals surface area contributed by atoms with Crippen LogP contribution in [0.4, 0.5) is 0 Å². The van der Waals surface area contributed by atoms with Gasteiger partial charge in [-0.05, 0) is 92.2 Å². The zero-order valence-electron chi connectivity index (χ0n) is 22.9. The number of nitrogens with zero attached hydrogens (tertiary/aromatic N) is 2.